The van der Waals surface area contributed by atoms with Crippen molar-refractivity contribution in [2.24, 2.45) is 0 Å². The molecule has 0 amide bonds. The molecule has 2 aromatic rings. The number of hydrogen-bond acceptors (Lipinski definition) is 3. The van der Waals surface area contributed by atoms with Gasteiger partial charge in [0.2, 0.25) is 0 Å². The molecule has 0 radical (unpaired) electrons. The maximum atomic E-state index is 10.0. The molecule has 0 fully saturated rings. The predicted molar refractivity (Wildman–Crippen MR) is 87.1 cm³/mol. The summed E-state index contributed by atoms with van der Waals surface area (Å²) in [5, 5.41) is 13.5. The summed E-state index contributed by atoms with van der Waals surface area (Å²) >= 11 is 0. The van der Waals surface area contributed by atoms with Crippen molar-refractivity contribution < 1.29 is 9.84 Å². The second kappa shape index (κ2) is 7.02. The molecule has 2 N–H and O–H groups in total. The Morgan fingerprint density at radius 1 is 1.14 bits per heavy atom. The van der Waals surface area contributed by atoms with Crippen LogP contribution in [0.1, 0.15) is 37.4 Å². The molecule has 0 bridgehead atoms. The fourth-order valence-electron chi connectivity index (χ4n) is 2.39. The lowest BCUT2D eigenvalue weighted by Crippen LogP contribution is -2.11. The van der Waals surface area contributed by atoms with Crippen molar-refractivity contribution in [1.29, 1.82) is 0 Å². The fourth-order valence-corrected chi connectivity index (χ4v) is 2.39. The first-order valence-electron chi connectivity index (χ1n) is 7.43. The molecule has 0 aliphatic rings. The molecular weight excluding hydrogens is 262 g/mol. The van der Waals surface area contributed by atoms with Crippen LogP contribution in [0.2, 0.25) is 0 Å². The lowest BCUT2D eigenvalue weighted by Gasteiger charge is -2.22. The van der Waals surface area contributed by atoms with Crippen molar-refractivity contribution in [1.82, 2.24) is 0 Å². The van der Waals surface area contributed by atoms with Crippen LogP contribution >= 0.6 is 0 Å². The quantitative estimate of drug-likeness (QED) is 0.811. The van der Waals surface area contributed by atoms with Gasteiger partial charge in [-0.25, -0.2) is 0 Å². The van der Waals surface area contributed by atoms with Crippen LogP contribution in [0.4, 0.5) is 5.69 Å². The first-order chi connectivity index (χ1) is 10.2. The third-order valence-corrected chi connectivity index (χ3v) is 3.49. The first kappa shape index (κ1) is 15.2. The third-order valence-electron chi connectivity index (χ3n) is 3.49. The van der Waals surface area contributed by atoms with Crippen LogP contribution in [0.3, 0.4) is 0 Å². The molecular formula is C18H23NO2. The number of hydrogen-bond donors (Lipinski definition) is 2. The van der Waals surface area contributed by atoms with Crippen LogP contribution in [0.5, 0.6) is 11.5 Å². The molecule has 3 heteroatoms. The molecule has 2 rings (SSSR count). The highest BCUT2D eigenvalue weighted by Crippen LogP contribution is 2.33. The van der Waals surface area contributed by atoms with Gasteiger partial charge in [-0.1, -0.05) is 31.2 Å². The molecule has 112 valence electrons. The first-order valence-corrected chi connectivity index (χ1v) is 7.43. The summed E-state index contributed by atoms with van der Waals surface area (Å²) in [7, 11) is 0. The summed E-state index contributed by atoms with van der Waals surface area (Å²) in [5.74, 6) is 1.17. The maximum absolute atomic E-state index is 10.0. The van der Waals surface area contributed by atoms with Gasteiger partial charge in [0.1, 0.15) is 11.5 Å². The highest BCUT2D eigenvalue weighted by atomic mass is 16.5. The van der Waals surface area contributed by atoms with Gasteiger partial charge in [-0.15, -0.1) is 0 Å². The largest absolute Gasteiger partial charge is 0.508 e. The maximum Gasteiger partial charge on any atom is 0.142 e. The standard InChI is InChI=1S/C18H23NO2/c1-4-15(14-8-6-7-9-17(14)20)19-16-11-10-13(3)12-18(16)21-5-2/h6-12,15,19-20H,4-5H2,1-3H3. The average molecular weight is 285 g/mol. The van der Waals surface area contributed by atoms with E-state index in [0.29, 0.717) is 12.4 Å². The lowest BCUT2D eigenvalue weighted by molar-refractivity contribution is 0.341. The van der Waals surface area contributed by atoms with Crippen LogP contribution in [-0.2, 0) is 0 Å². The van der Waals surface area contributed by atoms with E-state index in [1.54, 1.807) is 6.07 Å². The van der Waals surface area contributed by atoms with Crippen molar-refractivity contribution >= 4 is 5.69 Å². The Morgan fingerprint density at radius 3 is 2.57 bits per heavy atom. The van der Waals surface area contributed by atoms with E-state index in [1.165, 1.54) is 5.56 Å². The number of para-hydroxylation sites is 1. The highest BCUT2D eigenvalue weighted by Gasteiger charge is 2.15. The number of aromatic hydroxyl groups is 1. The van der Waals surface area contributed by atoms with Crippen molar-refractivity contribution in [3.05, 3.63) is 53.6 Å². The Kier molecular flexibility index (Phi) is 5.09. The summed E-state index contributed by atoms with van der Waals surface area (Å²) in [4.78, 5) is 0. The third kappa shape index (κ3) is 3.69. The van der Waals surface area contributed by atoms with Crippen molar-refractivity contribution in [2.45, 2.75) is 33.2 Å². The van der Waals surface area contributed by atoms with Gasteiger partial charge in [-0.05, 0) is 44.0 Å². The van der Waals surface area contributed by atoms with Crippen molar-refractivity contribution in [3.63, 3.8) is 0 Å². The fraction of sp³-hybridized carbons (Fsp3) is 0.333. The second-order valence-corrected chi connectivity index (χ2v) is 5.10. The zero-order valence-electron chi connectivity index (χ0n) is 12.9. The number of anilines is 1. The highest BCUT2D eigenvalue weighted by molar-refractivity contribution is 5.59. The minimum Gasteiger partial charge on any atom is -0.508 e. The molecule has 0 spiro atoms. The minimum atomic E-state index is 0.0492. The van der Waals surface area contributed by atoms with E-state index in [0.717, 1.165) is 23.4 Å². The zero-order valence-corrected chi connectivity index (χ0v) is 12.9. The van der Waals surface area contributed by atoms with Crippen LogP contribution in [0.25, 0.3) is 0 Å². The van der Waals surface area contributed by atoms with E-state index in [-0.39, 0.29) is 6.04 Å². The van der Waals surface area contributed by atoms with E-state index in [4.69, 9.17) is 4.74 Å². The summed E-state index contributed by atoms with van der Waals surface area (Å²) in [6, 6.07) is 13.6. The van der Waals surface area contributed by atoms with Gasteiger partial charge in [0.05, 0.1) is 18.3 Å². The molecule has 1 atom stereocenters. The van der Waals surface area contributed by atoms with Gasteiger partial charge in [-0.2, -0.15) is 0 Å². The Hall–Kier alpha value is -2.16. The number of benzene rings is 2. The second-order valence-electron chi connectivity index (χ2n) is 5.10. The number of aryl methyl sites for hydroxylation is 1. The molecule has 0 saturated heterocycles. The lowest BCUT2D eigenvalue weighted by atomic mass is 10.0. The van der Waals surface area contributed by atoms with Gasteiger partial charge in [0, 0.05) is 5.56 Å². The summed E-state index contributed by atoms with van der Waals surface area (Å²) in [6.45, 7) is 6.75. The summed E-state index contributed by atoms with van der Waals surface area (Å²) in [5.41, 5.74) is 3.03. The number of phenols is 1. The Balaban J connectivity index is 2.29. The molecule has 0 aromatic heterocycles. The molecule has 3 nitrogen and oxygen atoms in total. The van der Waals surface area contributed by atoms with Gasteiger partial charge in [0.25, 0.3) is 0 Å². The molecule has 1 unspecified atom stereocenters. The average Bonchev–Trinajstić information content (AvgIpc) is 2.48. The van der Waals surface area contributed by atoms with E-state index in [9.17, 15) is 5.11 Å². The van der Waals surface area contributed by atoms with Crippen LogP contribution in [0.15, 0.2) is 42.5 Å². The number of ether oxygens (including phenoxy) is 1. The van der Waals surface area contributed by atoms with Crippen molar-refractivity contribution in [3.8, 4) is 11.5 Å². The van der Waals surface area contributed by atoms with E-state index < -0.39 is 0 Å². The molecule has 0 aliphatic heterocycles. The molecule has 0 heterocycles. The molecule has 0 saturated carbocycles. The van der Waals surface area contributed by atoms with Gasteiger partial charge in [0.15, 0.2) is 0 Å². The number of phenolic OH excluding ortho intramolecular Hbond substituents is 1. The Labute approximate surface area is 126 Å². The van der Waals surface area contributed by atoms with E-state index in [1.807, 2.05) is 44.2 Å². The SMILES string of the molecule is CCOc1cc(C)ccc1NC(CC)c1ccccc1O. The zero-order chi connectivity index (χ0) is 15.2. The monoisotopic (exact) mass is 285 g/mol. The minimum absolute atomic E-state index is 0.0492. The van der Waals surface area contributed by atoms with Crippen LogP contribution in [-0.4, -0.2) is 11.7 Å². The van der Waals surface area contributed by atoms with Gasteiger partial charge >= 0.3 is 0 Å². The van der Waals surface area contributed by atoms with Gasteiger partial charge < -0.3 is 15.2 Å². The smallest absolute Gasteiger partial charge is 0.142 e. The molecule has 0 aliphatic carbocycles. The predicted octanol–water partition coefficient (Wildman–Crippen LogP) is 4.66. The van der Waals surface area contributed by atoms with E-state index in [2.05, 4.69) is 18.3 Å². The summed E-state index contributed by atoms with van der Waals surface area (Å²) in [6.07, 6.45) is 0.872. The topological polar surface area (TPSA) is 41.5 Å². The van der Waals surface area contributed by atoms with Gasteiger partial charge in [-0.3, -0.25) is 0 Å². The van der Waals surface area contributed by atoms with Crippen LogP contribution in [0, 0.1) is 6.92 Å². The molecule has 21 heavy (non-hydrogen) atoms. The number of rotatable bonds is 6. The Bertz CT molecular complexity index is 596. The molecule has 2 aromatic carbocycles. The van der Waals surface area contributed by atoms with Crippen LogP contribution < -0.4 is 10.1 Å². The number of nitrogens with one attached hydrogen (secondary N) is 1. The van der Waals surface area contributed by atoms with E-state index >= 15 is 0 Å². The Morgan fingerprint density at radius 2 is 1.90 bits per heavy atom. The van der Waals surface area contributed by atoms with Crippen molar-refractivity contribution in [2.75, 3.05) is 11.9 Å². The normalized spacial score (nSPS) is 12.0. The summed E-state index contributed by atoms with van der Waals surface area (Å²) < 4.78 is 5.70.